The molecule has 4 nitrogen and oxygen atoms in total. The standard InChI is InChI=1S/C8H11N3O/c1-10-5-7(9-6-10)8(12)11-3-2-4-11/h5-6H,2-4H2,1H3. The van der Waals surface area contributed by atoms with Crippen molar-refractivity contribution in [3.8, 4) is 0 Å². The number of likely N-dealkylation sites (tertiary alicyclic amines) is 1. The highest BCUT2D eigenvalue weighted by atomic mass is 16.2. The van der Waals surface area contributed by atoms with Crippen molar-refractivity contribution >= 4 is 5.91 Å². The molecule has 0 saturated carbocycles. The molecule has 2 heterocycles. The number of aromatic nitrogens is 2. The van der Waals surface area contributed by atoms with Gasteiger partial charge in [-0.3, -0.25) is 4.79 Å². The molecule has 0 bridgehead atoms. The molecule has 0 atom stereocenters. The second-order valence-electron chi connectivity index (χ2n) is 3.07. The number of amides is 1. The van der Waals surface area contributed by atoms with E-state index in [0.717, 1.165) is 19.5 Å². The smallest absolute Gasteiger partial charge is 0.274 e. The van der Waals surface area contributed by atoms with Crippen LogP contribution in [0.5, 0.6) is 0 Å². The molecule has 0 radical (unpaired) electrons. The lowest BCUT2D eigenvalue weighted by molar-refractivity contribution is 0.0646. The number of carbonyl (C=O) groups excluding carboxylic acids is 1. The number of hydrogen-bond acceptors (Lipinski definition) is 2. The maximum atomic E-state index is 11.5. The van der Waals surface area contributed by atoms with Crippen molar-refractivity contribution in [1.29, 1.82) is 0 Å². The second-order valence-corrected chi connectivity index (χ2v) is 3.07. The zero-order valence-electron chi connectivity index (χ0n) is 7.03. The summed E-state index contributed by atoms with van der Waals surface area (Å²) in [6.45, 7) is 1.77. The first kappa shape index (κ1) is 7.34. The van der Waals surface area contributed by atoms with Gasteiger partial charge in [-0.1, -0.05) is 0 Å². The van der Waals surface area contributed by atoms with Crippen molar-refractivity contribution in [3.05, 3.63) is 18.2 Å². The average Bonchev–Trinajstić information content (AvgIpc) is 2.31. The molecule has 0 spiro atoms. The molecule has 1 aromatic heterocycles. The lowest BCUT2D eigenvalue weighted by atomic mass is 10.2. The molecule has 1 aromatic rings. The van der Waals surface area contributed by atoms with Crippen LogP contribution in [-0.2, 0) is 7.05 Å². The molecule has 0 N–H and O–H groups in total. The lowest BCUT2D eigenvalue weighted by Crippen LogP contribution is -2.42. The molecule has 1 aliphatic heterocycles. The number of imidazole rings is 1. The van der Waals surface area contributed by atoms with Crippen molar-refractivity contribution in [1.82, 2.24) is 14.5 Å². The largest absolute Gasteiger partial charge is 0.340 e. The zero-order chi connectivity index (χ0) is 8.55. The van der Waals surface area contributed by atoms with E-state index in [1.54, 1.807) is 17.1 Å². The van der Waals surface area contributed by atoms with Crippen molar-refractivity contribution < 1.29 is 4.79 Å². The lowest BCUT2D eigenvalue weighted by Gasteiger charge is -2.29. The van der Waals surface area contributed by atoms with Crippen LogP contribution in [-0.4, -0.2) is 33.4 Å². The summed E-state index contributed by atoms with van der Waals surface area (Å²) in [4.78, 5) is 17.3. The molecular weight excluding hydrogens is 154 g/mol. The van der Waals surface area contributed by atoms with E-state index >= 15 is 0 Å². The predicted molar refractivity (Wildman–Crippen MR) is 43.7 cm³/mol. The van der Waals surface area contributed by atoms with Crippen LogP contribution in [0.1, 0.15) is 16.9 Å². The number of aryl methyl sites for hydroxylation is 1. The van der Waals surface area contributed by atoms with Crippen molar-refractivity contribution in [2.45, 2.75) is 6.42 Å². The van der Waals surface area contributed by atoms with Gasteiger partial charge in [0.15, 0.2) is 0 Å². The minimum atomic E-state index is 0.0573. The average molecular weight is 165 g/mol. The quantitative estimate of drug-likeness (QED) is 0.599. The van der Waals surface area contributed by atoms with Crippen LogP contribution in [0, 0.1) is 0 Å². The number of carbonyl (C=O) groups is 1. The van der Waals surface area contributed by atoms with Crippen molar-refractivity contribution in [2.75, 3.05) is 13.1 Å². The van der Waals surface area contributed by atoms with Crippen LogP contribution in [0.25, 0.3) is 0 Å². The maximum Gasteiger partial charge on any atom is 0.274 e. The molecule has 0 aliphatic carbocycles. The van der Waals surface area contributed by atoms with Gasteiger partial charge in [-0.15, -0.1) is 0 Å². The van der Waals surface area contributed by atoms with Crippen LogP contribution < -0.4 is 0 Å². The number of rotatable bonds is 1. The Bertz CT molecular complexity index is 301. The maximum absolute atomic E-state index is 11.5. The van der Waals surface area contributed by atoms with E-state index in [9.17, 15) is 4.79 Å². The Labute approximate surface area is 70.8 Å². The topological polar surface area (TPSA) is 38.1 Å². The fourth-order valence-electron chi connectivity index (χ4n) is 1.20. The normalized spacial score (nSPS) is 15.9. The van der Waals surface area contributed by atoms with Crippen LogP contribution in [0.2, 0.25) is 0 Å². The van der Waals surface area contributed by atoms with Gasteiger partial charge in [-0.25, -0.2) is 4.98 Å². The first-order chi connectivity index (χ1) is 5.77. The molecule has 2 rings (SSSR count). The summed E-state index contributed by atoms with van der Waals surface area (Å²) in [5.41, 5.74) is 0.553. The van der Waals surface area contributed by atoms with Gasteiger partial charge in [0.1, 0.15) is 5.69 Å². The Morgan fingerprint density at radius 3 is 2.75 bits per heavy atom. The Hall–Kier alpha value is -1.32. The Balaban J connectivity index is 2.13. The van der Waals surface area contributed by atoms with Gasteiger partial charge in [-0.05, 0) is 6.42 Å². The van der Waals surface area contributed by atoms with Gasteiger partial charge in [0.2, 0.25) is 0 Å². The van der Waals surface area contributed by atoms with Crippen molar-refractivity contribution in [2.24, 2.45) is 7.05 Å². The Morgan fingerprint density at radius 1 is 1.58 bits per heavy atom. The molecule has 64 valence electrons. The summed E-state index contributed by atoms with van der Waals surface area (Å²) in [6, 6.07) is 0. The molecular formula is C8H11N3O. The van der Waals surface area contributed by atoms with E-state index in [0.29, 0.717) is 5.69 Å². The summed E-state index contributed by atoms with van der Waals surface area (Å²) in [6.07, 6.45) is 4.52. The molecule has 1 fully saturated rings. The van der Waals surface area contributed by atoms with Crippen LogP contribution in [0.3, 0.4) is 0 Å². The van der Waals surface area contributed by atoms with Gasteiger partial charge in [-0.2, -0.15) is 0 Å². The second kappa shape index (κ2) is 2.62. The third kappa shape index (κ3) is 1.09. The fourth-order valence-corrected chi connectivity index (χ4v) is 1.20. The van der Waals surface area contributed by atoms with E-state index in [2.05, 4.69) is 4.98 Å². The van der Waals surface area contributed by atoms with Gasteiger partial charge >= 0.3 is 0 Å². The zero-order valence-corrected chi connectivity index (χ0v) is 7.03. The summed E-state index contributed by atoms with van der Waals surface area (Å²) >= 11 is 0. The highest BCUT2D eigenvalue weighted by molar-refractivity contribution is 5.92. The van der Waals surface area contributed by atoms with Gasteiger partial charge in [0.05, 0.1) is 6.33 Å². The molecule has 1 aliphatic rings. The van der Waals surface area contributed by atoms with Crippen LogP contribution >= 0.6 is 0 Å². The highest BCUT2D eigenvalue weighted by Crippen LogP contribution is 2.10. The van der Waals surface area contributed by atoms with Crippen LogP contribution in [0.4, 0.5) is 0 Å². The van der Waals surface area contributed by atoms with E-state index in [4.69, 9.17) is 0 Å². The molecule has 0 unspecified atom stereocenters. The summed E-state index contributed by atoms with van der Waals surface area (Å²) in [7, 11) is 1.86. The fraction of sp³-hybridized carbons (Fsp3) is 0.500. The number of hydrogen-bond donors (Lipinski definition) is 0. The van der Waals surface area contributed by atoms with Gasteiger partial charge in [0.25, 0.3) is 5.91 Å². The first-order valence-electron chi connectivity index (χ1n) is 4.04. The van der Waals surface area contributed by atoms with E-state index in [1.165, 1.54) is 0 Å². The van der Waals surface area contributed by atoms with Gasteiger partial charge < -0.3 is 9.47 Å². The molecule has 1 saturated heterocycles. The summed E-state index contributed by atoms with van der Waals surface area (Å²) in [5, 5.41) is 0. The van der Waals surface area contributed by atoms with Crippen molar-refractivity contribution in [3.63, 3.8) is 0 Å². The summed E-state index contributed by atoms with van der Waals surface area (Å²) in [5.74, 6) is 0.0573. The molecule has 0 aromatic carbocycles. The van der Waals surface area contributed by atoms with E-state index in [1.807, 2.05) is 11.9 Å². The van der Waals surface area contributed by atoms with E-state index in [-0.39, 0.29) is 5.91 Å². The Kier molecular flexibility index (Phi) is 1.60. The SMILES string of the molecule is Cn1cnc(C(=O)N2CCC2)c1. The van der Waals surface area contributed by atoms with Crippen LogP contribution in [0.15, 0.2) is 12.5 Å². The van der Waals surface area contributed by atoms with E-state index < -0.39 is 0 Å². The number of nitrogens with zero attached hydrogens (tertiary/aromatic N) is 3. The molecule has 1 amide bonds. The predicted octanol–water partition coefficient (Wildman–Crippen LogP) is 0.266. The Morgan fingerprint density at radius 2 is 2.33 bits per heavy atom. The highest BCUT2D eigenvalue weighted by Gasteiger charge is 2.22. The minimum absolute atomic E-state index is 0.0573. The van der Waals surface area contributed by atoms with Gasteiger partial charge in [0, 0.05) is 26.3 Å². The third-order valence-electron chi connectivity index (χ3n) is 2.07. The molecule has 4 heteroatoms. The summed E-state index contributed by atoms with van der Waals surface area (Å²) < 4.78 is 1.78. The monoisotopic (exact) mass is 165 g/mol. The molecule has 12 heavy (non-hydrogen) atoms. The minimum Gasteiger partial charge on any atom is -0.340 e. The first-order valence-corrected chi connectivity index (χ1v) is 4.04. The third-order valence-corrected chi connectivity index (χ3v) is 2.07.